The van der Waals surface area contributed by atoms with E-state index in [1.54, 1.807) is 0 Å². The zero-order valence-corrected chi connectivity index (χ0v) is 12.6. The highest BCUT2D eigenvalue weighted by Crippen LogP contribution is 2.18. The third-order valence-corrected chi connectivity index (χ3v) is 3.74. The van der Waals surface area contributed by atoms with Crippen LogP contribution in [0, 0.1) is 5.82 Å². The summed E-state index contributed by atoms with van der Waals surface area (Å²) in [5.74, 6) is -0.189. The van der Waals surface area contributed by atoms with Crippen LogP contribution in [0.1, 0.15) is 25.3 Å². The number of carbonyl (C=O) groups excluding carboxylic acids is 1. The highest BCUT2D eigenvalue weighted by atomic mass is 32.1. The first kappa shape index (κ1) is 15.4. The lowest BCUT2D eigenvalue weighted by Gasteiger charge is -2.16. The van der Waals surface area contributed by atoms with E-state index in [4.69, 9.17) is 4.74 Å². The fourth-order valence-corrected chi connectivity index (χ4v) is 2.32. The molecule has 0 saturated carbocycles. The number of halogens is 1. The maximum atomic E-state index is 12.8. The van der Waals surface area contributed by atoms with Crippen LogP contribution in [0.5, 0.6) is 5.75 Å². The first-order valence-corrected chi connectivity index (χ1v) is 7.49. The quantitative estimate of drug-likeness (QED) is 0.891. The number of anilines is 1. The van der Waals surface area contributed by atoms with Gasteiger partial charge in [-0.2, -0.15) is 0 Å². The molecule has 0 aliphatic carbocycles. The molecule has 0 saturated heterocycles. The monoisotopic (exact) mass is 309 g/mol. The number of aryl methyl sites for hydroxylation is 1. The van der Waals surface area contributed by atoms with Crippen LogP contribution in [0.15, 0.2) is 24.3 Å². The summed E-state index contributed by atoms with van der Waals surface area (Å²) < 4.78 is 18.4. The lowest BCUT2D eigenvalue weighted by atomic mass is 10.2. The van der Waals surface area contributed by atoms with Crippen molar-refractivity contribution in [3.8, 4) is 5.75 Å². The molecule has 1 aromatic heterocycles. The molecule has 2 rings (SSSR count). The maximum absolute atomic E-state index is 12.8. The number of hydrogen-bond acceptors (Lipinski definition) is 5. The van der Waals surface area contributed by atoms with Crippen LogP contribution < -0.4 is 10.1 Å². The van der Waals surface area contributed by atoms with E-state index in [1.807, 2.05) is 13.8 Å². The van der Waals surface area contributed by atoms with Gasteiger partial charge < -0.3 is 4.74 Å². The van der Waals surface area contributed by atoms with E-state index in [1.165, 1.54) is 35.6 Å². The van der Waals surface area contributed by atoms with Crippen LogP contribution in [0.3, 0.4) is 0 Å². The number of nitrogens with zero attached hydrogens (tertiary/aromatic N) is 2. The molecule has 1 atom stereocenters. The van der Waals surface area contributed by atoms with Crippen molar-refractivity contribution in [3.05, 3.63) is 35.1 Å². The topological polar surface area (TPSA) is 64.1 Å². The lowest BCUT2D eigenvalue weighted by molar-refractivity contribution is -0.122. The van der Waals surface area contributed by atoms with E-state index in [0.29, 0.717) is 17.3 Å². The number of rotatable bonds is 6. The van der Waals surface area contributed by atoms with Crippen molar-refractivity contribution in [2.24, 2.45) is 0 Å². The van der Waals surface area contributed by atoms with Crippen molar-refractivity contribution >= 4 is 22.4 Å². The van der Waals surface area contributed by atoms with Gasteiger partial charge in [0, 0.05) is 0 Å². The highest BCUT2D eigenvalue weighted by molar-refractivity contribution is 7.15. The van der Waals surface area contributed by atoms with Gasteiger partial charge in [0.1, 0.15) is 16.6 Å². The number of benzene rings is 1. The highest BCUT2D eigenvalue weighted by Gasteiger charge is 2.20. The van der Waals surface area contributed by atoms with Gasteiger partial charge in [-0.1, -0.05) is 25.2 Å². The molecule has 0 bridgehead atoms. The second-order valence-electron chi connectivity index (χ2n) is 4.31. The first-order chi connectivity index (χ1) is 10.1. The van der Waals surface area contributed by atoms with Crippen molar-refractivity contribution in [2.45, 2.75) is 32.8 Å². The Morgan fingerprint density at radius 2 is 2.05 bits per heavy atom. The van der Waals surface area contributed by atoms with Crippen LogP contribution >= 0.6 is 11.3 Å². The molecule has 112 valence electrons. The third-order valence-electron chi connectivity index (χ3n) is 2.75. The van der Waals surface area contributed by atoms with Gasteiger partial charge in [0.05, 0.1) is 0 Å². The molecule has 0 radical (unpaired) electrons. The van der Waals surface area contributed by atoms with Gasteiger partial charge in [-0.05, 0) is 37.1 Å². The van der Waals surface area contributed by atoms with Crippen LogP contribution in [0.25, 0.3) is 0 Å². The van der Waals surface area contributed by atoms with E-state index in [9.17, 15) is 9.18 Å². The summed E-state index contributed by atoms with van der Waals surface area (Å²) in [5, 5.41) is 11.8. The summed E-state index contributed by atoms with van der Waals surface area (Å²) in [6, 6.07) is 5.56. The molecule has 0 unspecified atom stereocenters. The summed E-state index contributed by atoms with van der Waals surface area (Å²) >= 11 is 1.34. The molecule has 0 fully saturated rings. The van der Waals surface area contributed by atoms with E-state index in [2.05, 4.69) is 15.5 Å². The van der Waals surface area contributed by atoms with Crippen molar-refractivity contribution in [2.75, 3.05) is 5.32 Å². The van der Waals surface area contributed by atoms with E-state index in [-0.39, 0.29) is 11.7 Å². The molecule has 0 aliphatic heterocycles. The van der Waals surface area contributed by atoms with Crippen LogP contribution in [0.2, 0.25) is 0 Å². The van der Waals surface area contributed by atoms with Gasteiger partial charge in [0.25, 0.3) is 5.91 Å². The molecular weight excluding hydrogens is 293 g/mol. The Hall–Kier alpha value is -2.02. The van der Waals surface area contributed by atoms with Gasteiger partial charge in [-0.15, -0.1) is 10.2 Å². The fraction of sp³-hybridized carbons (Fsp3) is 0.357. The van der Waals surface area contributed by atoms with E-state index in [0.717, 1.165) is 11.4 Å². The second kappa shape index (κ2) is 7.12. The minimum atomic E-state index is -0.663. The molecule has 2 aromatic rings. The number of hydrogen-bond donors (Lipinski definition) is 1. The Morgan fingerprint density at radius 1 is 1.33 bits per heavy atom. The number of ether oxygens (including phenoxy) is 1. The molecule has 1 aromatic carbocycles. The molecule has 21 heavy (non-hydrogen) atoms. The van der Waals surface area contributed by atoms with Crippen LogP contribution in [0.4, 0.5) is 9.52 Å². The fourth-order valence-electron chi connectivity index (χ4n) is 1.63. The van der Waals surface area contributed by atoms with E-state index < -0.39 is 6.10 Å². The van der Waals surface area contributed by atoms with Crippen molar-refractivity contribution in [1.29, 1.82) is 0 Å². The zero-order valence-electron chi connectivity index (χ0n) is 11.8. The Kier molecular flexibility index (Phi) is 5.21. The summed E-state index contributed by atoms with van der Waals surface area (Å²) in [6.07, 6.45) is 0.601. The van der Waals surface area contributed by atoms with Crippen LogP contribution in [-0.4, -0.2) is 22.2 Å². The van der Waals surface area contributed by atoms with Crippen molar-refractivity contribution < 1.29 is 13.9 Å². The number of nitrogens with one attached hydrogen (secondary N) is 1. The minimum Gasteiger partial charge on any atom is -0.481 e. The molecule has 1 heterocycles. The van der Waals surface area contributed by atoms with Gasteiger partial charge >= 0.3 is 0 Å². The predicted octanol–water partition coefficient (Wildman–Crippen LogP) is 3.04. The average molecular weight is 309 g/mol. The normalized spacial score (nSPS) is 12.0. The molecule has 0 aliphatic rings. The molecule has 5 nitrogen and oxygen atoms in total. The Morgan fingerprint density at radius 3 is 2.62 bits per heavy atom. The maximum Gasteiger partial charge on any atom is 0.267 e. The third kappa shape index (κ3) is 4.22. The Labute approximate surface area is 126 Å². The van der Waals surface area contributed by atoms with Gasteiger partial charge in [-0.3, -0.25) is 10.1 Å². The summed E-state index contributed by atoms with van der Waals surface area (Å²) in [4.78, 5) is 12.1. The Balaban J connectivity index is 1.99. The lowest BCUT2D eigenvalue weighted by Crippen LogP contribution is -2.32. The second-order valence-corrected chi connectivity index (χ2v) is 5.37. The number of amides is 1. The minimum absolute atomic E-state index is 0.291. The molecule has 0 spiro atoms. The molecule has 7 heteroatoms. The standard InChI is InChI=1S/C14H16FN3O2S/c1-3-11(20-10-7-5-9(15)6-8-10)13(19)16-14-18-17-12(4-2)21-14/h5-8,11H,3-4H2,1-2H3,(H,16,18,19)/t11-/m0/s1. The SMILES string of the molecule is CCc1nnc(NC(=O)[C@H](CC)Oc2ccc(F)cc2)s1. The van der Waals surface area contributed by atoms with E-state index >= 15 is 0 Å². The van der Waals surface area contributed by atoms with Crippen molar-refractivity contribution in [1.82, 2.24) is 10.2 Å². The van der Waals surface area contributed by atoms with Gasteiger partial charge in [0.2, 0.25) is 5.13 Å². The van der Waals surface area contributed by atoms with Gasteiger partial charge in [-0.25, -0.2) is 4.39 Å². The molecule has 1 N–H and O–H groups in total. The summed E-state index contributed by atoms with van der Waals surface area (Å²) in [7, 11) is 0. The summed E-state index contributed by atoms with van der Waals surface area (Å²) in [6.45, 7) is 3.81. The number of aromatic nitrogens is 2. The van der Waals surface area contributed by atoms with Crippen molar-refractivity contribution in [3.63, 3.8) is 0 Å². The van der Waals surface area contributed by atoms with Crippen LogP contribution in [-0.2, 0) is 11.2 Å². The number of carbonyl (C=O) groups is 1. The first-order valence-electron chi connectivity index (χ1n) is 6.67. The Bertz CT molecular complexity index is 601. The molecule has 1 amide bonds. The van der Waals surface area contributed by atoms with Gasteiger partial charge in [0.15, 0.2) is 6.10 Å². The largest absolute Gasteiger partial charge is 0.481 e. The zero-order chi connectivity index (χ0) is 15.2. The summed E-state index contributed by atoms with van der Waals surface area (Å²) in [5.41, 5.74) is 0. The average Bonchev–Trinajstić information content (AvgIpc) is 2.94. The predicted molar refractivity (Wildman–Crippen MR) is 79.0 cm³/mol. The smallest absolute Gasteiger partial charge is 0.267 e. The molecular formula is C14H16FN3O2S.